The average molecular weight is 180 g/mol. The Morgan fingerprint density at radius 3 is 3.00 bits per heavy atom. The van der Waals surface area contributed by atoms with Gasteiger partial charge in [0.05, 0.1) is 24.1 Å². The summed E-state index contributed by atoms with van der Waals surface area (Å²) in [5.41, 5.74) is -1.21. The summed E-state index contributed by atoms with van der Waals surface area (Å²) in [4.78, 5) is 13.6. The van der Waals surface area contributed by atoms with Crippen LogP contribution in [0.1, 0.15) is 8.22 Å². The van der Waals surface area contributed by atoms with Crippen molar-refractivity contribution in [3.05, 3.63) is 46.5 Å². The van der Waals surface area contributed by atoms with Gasteiger partial charge in [-0.3, -0.25) is 15.1 Å². The summed E-state index contributed by atoms with van der Waals surface area (Å²) in [5.74, 6) is 0. The number of fused-ring (bicyclic) bond motifs is 1. The quantitative estimate of drug-likeness (QED) is 0.499. The van der Waals surface area contributed by atoms with Crippen molar-refractivity contribution in [1.82, 2.24) is 4.98 Å². The summed E-state index contributed by atoms with van der Waals surface area (Å²) >= 11 is 0. The number of benzene rings is 1. The van der Waals surface area contributed by atoms with Gasteiger partial charge in [0, 0.05) is 12.2 Å². The molecule has 0 saturated heterocycles. The van der Waals surface area contributed by atoms with Crippen molar-refractivity contribution in [3.8, 4) is 0 Å². The van der Waals surface area contributed by atoms with Crippen LogP contribution < -0.4 is 0 Å². The van der Waals surface area contributed by atoms with Gasteiger partial charge in [0.1, 0.15) is 0 Å². The smallest absolute Gasteiger partial charge is 0.258 e. The molecule has 0 fully saturated rings. The minimum absolute atomic E-state index is 0.376. The highest BCUT2D eigenvalue weighted by atomic mass is 16.6. The Labute approximate surface area is 82.4 Å². The summed E-state index contributed by atoms with van der Waals surface area (Å²) in [6, 6.07) is -3.30. The molecule has 0 bridgehead atoms. The molecule has 2 rings (SSSR count). The topological polar surface area (TPSA) is 56.0 Å². The Morgan fingerprint density at radius 1 is 1.38 bits per heavy atom. The third-order valence-corrected chi connectivity index (χ3v) is 1.43. The molecule has 0 spiro atoms. The van der Waals surface area contributed by atoms with E-state index in [0.29, 0.717) is 0 Å². The number of aromatic nitrogens is 1. The molecule has 0 aliphatic heterocycles. The molecule has 1 aromatic carbocycles. The van der Waals surface area contributed by atoms with Crippen LogP contribution in [-0.2, 0) is 0 Å². The molecular formula is C9H6N2O2. The van der Waals surface area contributed by atoms with Crippen molar-refractivity contribution in [3.63, 3.8) is 0 Å². The molecule has 2 aromatic rings. The minimum atomic E-state index is -0.940. The molecule has 0 aliphatic rings. The lowest BCUT2D eigenvalue weighted by molar-refractivity contribution is -0.383. The first-order chi connectivity index (χ1) is 8.77. The monoisotopic (exact) mass is 180 g/mol. The van der Waals surface area contributed by atoms with Gasteiger partial charge in [-0.15, -0.1) is 0 Å². The number of nitro groups is 1. The van der Waals surface area contributed by atoms with Crippen LogP contribution in [0.4, 0.5) is 5.69 Å². The van der Waals surface area contributed by atoms with Crippen LogP contribution >= 0.6 is 0 Å². The third kappa shape index (κ3) is 1.22. The van der Waals surface area contributed by atoms with Crippen LogP contribution in [0.15, 0.2) is 36.4 Å². The maximum absolute atomic E-state index is 11.0. The van der Waals surface area contributed by atoms with Crippen LogP contribution in [0, 0.1) is 10.1 Å². The molecule has 0 radical (unpaired) electrons. The lowest BCUT2D eigenvalue weighted by Crippen LogP contribution is -1.89. The van der Waals surface area contributed by atoms with Gasteiger partial charge < -0.3 is 0 Å². The summed E-state index contributed by atoms with van der Waals surface area (Å²) in [6.45, 7) is 0. The van der Waals surface area contributed by atoms with E-state index in [0.717, 1.165) is 0 Å². The third-order valence-electron chi connectivity index (χ3n) is 1.43. The average Bonchev–Trinajstić information content (AvgIpc) is 2.35. The standard InChI is InChI=1S/C9H6N2O2/c12-11(13)9-5-1-4-8-7(9)3-2-6-10-8/h1-6H/i1D,2D,3D,4D,5D,6D. The van der Waals surface area contributed by atoms with E-state index >= 15 is 0 Å². The predicted molar refractivity (Wildman–Crippen MR) is 48.4 cm³/mol. The predicted octanol–water partition coefficient (Wildman–Crippen LogP) is 2.14. The lowest BCUT2D eigenvalue weighted by atomic mass is 10.2. The fraction of sp³-hybridized carbons (Fsp3) is 0. The SMILES string of the molecule is [2H]c1nc2c([2H])c([2H])c([2H])c([N+](=O)[O-])c2c([2H])c1[2H]. The van der Waals surface area contributed by atoms with Crippen molar-refractivity contribution in [1.29, 1.82) is 0 Å². The summed E-state index contributed by atoms with van der Waals surface area (Å²) in [5, 5.41) is 10.5. The fourth-order valence-corrected chi connectivity index (χ4v) is 0.900. The zero-order chi connectivity index (χ0) is 14.5. The lowest BCUT2D eigenvalue weighted by Gasteiger charge is -1.96. The van der Waals surface area contributed by atoms with E-state index in [-0.39, 0.29) is 5.52 Å². The van der Waals surface area contributed by atoms with E-state index < -0.39 is 52.4 Å². The van der Waals surface area contributed by atoms with E-state index in [9.17, 15) is 10.1 Å². The summed E-state index contributed by atoms with van der Waals surface area (Å²) < 4.78 is 45.0. The van der Waals surface area contributed by atoms with Gasteiger partial charge in [-0.1, -0.05) is 6.04 Å². The molecule has 0 amide bonds. The van der Waals surface area contributed by atoms with Crippen molar-refractivity contribution < 1.29 is 13.1 Å². The molecule has 4 heteroatoms. The van der Waals surface area contributed by atoms with Crippen molar-refractivity contribution in [2.24, 2.45) is 0 Å². The Hall–Kier alpha value is -1.97. The van der Waals surface area contributed by atoms with E-state index in [1.54, 1.807) is 0 Å². The molecule has 0 aliphatic carbocycles. The number of nitrogens with zero attached hydrogens (tertiary/aromatic N) is 2. The molecular weight excluding hydrogens is 168 g/mol. The highest BCUT2D eigenvalue weighted by molar-refractivity contribution is 5.87. The molecule has 0 unspecified atom stereocenters. The number of pyridine rings is 1. The van der Waals surface area contributed by atoms with E-state index in [2.05, 4.69) is 4.98 Å². The Morgan fingerprint density at radius 2 is 2.23 bits per heavy atom. The molecule has 4 nitrogen and oxygen atoms in total. The maximum atomic E-state index is 11.0. The Bertz CT molecular complexity index is 733. The van der Waals surface area contributed by atoms with Crippen molar-refractivity contribution in [2.75, 3.05) is 0 Å². The number of rotatable bonds is 1. The van der Waals surface area contributed by atoms with E-state index in [4.69, 9.17) is 8.22 Å². The van der Waals surface area contributed by atoms with Gasteiger partial charge in [-0.25, -0.2) is 0 Å². The van der Waals surface area contributed by atoms with E-state index in [1.807, 2.05) is 0 Å². The number of hydrogen-bond donors (Lipinski definition) is 0. The van der Waals surface area contributed by atoms with Gasteiger partial charge in [0.2, 0.25) is 0 Å². The first kappa shape index (κ1) is 3.41. The van der Waals surface area contributed by atoms with Gasteiger partial charge in [0.15, 0.2) is 0 Å². The van der Waals surface area contributed by atoms with Crippen LogP contribution in [-0.4, -0.2) is 9.91 Å². The molecule has 0 N–H and O–H groups in total. The number of nitro benzene ring substituents is 1. The van der Waals surface area contributed by atoms with Gasteiger partial charge in [0.25, 0.3) is 5.69 Å². The summed E-state index contributed by atoms with van der Waals surface area (Å²) in [6.07, 6.45) is -0.600. The molecule has 0 atom stereocenters. The fourth-order valence-electron chi connectivity index (χ4n) is 0.900. The van der Waals surface area contributed by atoms with Gasteiger partial charge in [-0.2, -0.15) is 0 Å². The minimum Gasteiger partial charge on any atom is -0.258 e. The largest absolute Gasteiger partial charge is 0.278 e. The summed E-state index contributed by atoms with van der Waals surface area (Å²) in [7, 11) is 0. The second-order valence-electron chi connectivity index (χ2n) is 2.18. The molecule has 1 heterocycles. The molecule has 64 valence electrons. The van der Waals surface area contributed by atoms with Crippen LogP contribution in [0.3, 0.4) is 0 Å². The van der Waals surface area contributed by atoms with Crippen molar-refractivity contribution >= 4 is 16.6 Å². The Balaban J connectivity index is 3.18. The second kappa shape index (κ2) is 2.82. The highest BCUT2D eigenvalue weighted by Gasteiger charge is 2.09. The zero-order valence-electron chi connectivity index (χ0n) is 12.2. The van der Waals surface area contributed by atoms with Gasteiger partial charge in [-0.05, 0) is 18.1 Å². The van der Waals surface area contributed by atoms with Crippen LogP contribution in [0.25, 0.3) is 10.9 Å². The molecule has 0 saturated carbocycles. The normalized spacial score (nSPS) is 16.6. The first-order valence-electron chi connectivity index (χ1n) is 6.29. The van der Waals surface area contributed by atoms with E-state index in [1.165, 1.54) is 0 Å². The van der Waals surface area contributed by atoms with Crippen LogP contribution in [0.5, 0.6) is 0 Å². The molecule has 1 aromatic heterocycles. The highest BCUT2D eigenvalue weighted by Crippen LogP contribution is 2.22. The van der Waals surface area contributed by atoms with Crippen molar-refractivity contribution in [2.45, 2.75) is 0 Å². The Kier molecular flexibility index (Phi) is 0.740. The second-order valence-corrected chi connectivity index (χ2v) is 2.18. The maximum Gasteiger partial charge on any atom is 0.278 e. The van der Waals surface area contributed by atoms with Crippen LogP contribution in [0.2, 0.25) is 0 Å². The first-order valence-corrected chi connectivity index (χ1v) is 3.29. The number of hydrogen-bond acceptors (Lipinski definition) is 3. The van der Waals surface area contributed by atoms with Gasteiger partial charge >= 0.3 is 0 Å². The zero-order valence-corrected chi connectivity index (χ0v) is 6.21. The molecule has 13 heavy (non-hydrogen) atoms.